The maximum atomic E-state index is 12.7. The predicted molar refractivity (Wildman–Crippen MR) is 147 cm³/mol. The SMILES string of the molecule is CN(C)c1ccc2cc(C=C(C#N)C#N)c(OCCCN(C(=O)OC(C)(C)C)C(=O)OC(C)(C)C)cc2c1. The summed E-state index contributed by atoms with van der Waals surface area (Å²) in [7, 11) is 3.89. The lowest BCUT2D eigenvalue weighted by atomic mass is 10.0. The van der Waals surface area contributed by atoms with Gasteiger partial charge in [-0.05, 0) is 89.1 Å². The van der Waals surface area contributed by atoms with E-state index in [0.29, 0.717) is 17.7 Å². The number of carbonyl (C=O) groups excluding carboxylic acids is 2. The van der Waals surface area contributed by atoms with Gasteiger partial charge in [-0.1, -0.05) is 6.07 Å². The van der Waals surface area contributed by atoms with Gasteiger partial charge in [-0.15, -0.1) is 0 Å². The van der Waals surface area contributed by atoms with Crippen molar-refractivity contribution in [1.29, 1.82) is 10.5 Å². The van der Waals surface area contributed by atoms with Gasteiger partial charge in [0.05, 0.1) is 6.61 Å². The van der Waals surface area contributed by atoms with Crippen LogP contribution in [0.1, 0.15) is 53.5 Å². The van der Waals surface area contributed by atoms with Gasteiger partial charge in [0.25, 0.3) is 0 Å². The Morgan fingerprint density at radius 2 is 1.47 bits per heavy atom. The number of ether oxygens (including phenoxy) is 3. The summed E-state index contributed by atoms with van der Waals surface area (Å²) >= 11 is 0. The first kappa shape index (κ1) is 30.0. The highest BCUT2D eigenvalue weighted by molar-refractivity contribution is 5.90. The number of hydrogen-bond donors (Lipinski definition) is 0. The normalized spacial score (nSPS) is 11.1. The van der Waals surface area contributed by atoms with Crippen LogP contribution in [-0.2, 0) is 9.47 Å². The monoisotopic (exact) mass is 520 g/mol. The lowest BCUT2D eigenvalue weighted by Gasteiger charge is -2.28. The predicted octanol–water partition coefficient (Wildman–Crippen LogP) is 6.28. The largest absolute Gasteiger partial charge is 0.493 e. The van der Waals surface area contributed by atoms with Crippen LogP contribution in [0.3, 0.4) is 0 Å². The molecule has 38 heavy (non-hydrogen) atoms. The number of rotatable bonds is 7. The van der Waals surface area contributed by atoms with Crippen molar-refractivity contribution in [2.24, 2.45) is 0 Å². The Kier molecular flexibility index (Phi) is 9.73. The second kappa shape index (κ2) is 12.3. The molecule has 0 aliphatic rings. The number of allylic oxidation sites excluding steroid dienone is 1. The fourth-order valence-corrected chi connectivity index (χ4v) is 3.34. The molecule has 9 nitrogen and oxygen atoms in total. The number of nitriles is 2. The van der Waals surface area contributed by atoms with Gasteiger partial charge < -0.3 is 19.1 Å². The zero-order valence-electron chi connectivity index (χ0n) is 23.4. The van der Waals surface area contributed by atoms with Gasteiger partial charge in [-0.25, -0.2) is 14.5 Å². The van der Waals surface area contributed by atoms with Crippen LogP contribution in [0.5, 0.6) is 5.75 Å². The first-order valence-electron chi connectivity index (χ1n) is 12.3. The van der Waals surface area contributed by atoms with Crippen LogP contribution in [0.15, 0.2) is 35.9 Å². The van der Waals surface area contributed by atoms with Crippen molar-refractivity contribution in [3.05, 3.63) is 41.5 Å². The highest BCUT2D eigenvalue weighted by atomic mass is 16.6. The van der Waals surface area contributed by atoms with E-state index in [-0.39, 0.29) is 18.7 Å². The van der Waals surface area contributed by atoms with Gasteiger partial charge in [0, 0.05) is 31.9 Å². The Morgan fingerprint density at radius 3 is 1.97 bits per heavy atom. The molecule has 0 atom stereocenters. The van der Waals surface area contributed by atoms with E-state index in [4.69, 9.17) is 14.2 Å². The van der Waals surface area contributed by atoms with Crippen molar-refractivity contribution in [2.75, 3.05) is 32.1 Å². The van der Waals surface area contributed by atoms with Gasteiger partial charge in [0.2, 0.25) is 0 Å². The topological polar surface area (TPSA) is 116 Å². The van der Waals surface area contributed by atoms with Crippen molar-refractivity contribution >= 4 is 34.7 Å². The molecule has 2 rings (SSSR count). The molecule has 2 amide bonds. The zero-order valence-corrected chi connectivity index (χ0v) is 23.4. The molecule has 0 aromatic heterocycles. The molecule has 202 valence electrons. The van der Waals surface area contributed by atoms with Crippen LogP contribution >= 0.6 is 0 Å². The first-order valence-corrected chi connectivity index (χ1v) is 12.3. The lowest BCUT2D eigenvalue weighted by Crippen LogP contribution is -2.44. The number of fused-ring (bicyclic) bond motifs is 1. The Labute approximate surface area is 224 Å². The maximum absolute atomic E-state index is 12.7. The van der Waals surface area contributed by atoms with Crippen molar-refractivity contribution < 1.29 is 23.8 Å². The number of amides is 2. The minimum atomic E-state index is -0.801. The molecule has 2 aromatic carbocycles. The molecule has 0 saturated carbocycles. The average Bonchev–Trinajstić information content (AvgIpc) is 2.79. The first-order chi connectivity index (χ1) is 17.6. The third-order valence-electron chi connectivity index (χ3n) is 5.02. The Hall–Kier alpha value is -4.24. The quantitative estimate of drug-likeness (QED) is 0.309. The highest BCUT2D eigenvalue weighted by Crippen LogP contribution is 2.30. The van der Waals surface area contributed by atoms with E-state index in [2.05, 4.69) is 0 Å². The van der Waals surface area contributed by atoms with Crippen LogP contribution < -0.4 is 9.64 Å². The molecule has 0 fully saturated rings. The fraction of sp³-hybridized carbons (Fsp3) is 0.448. The second-order valence-corrected chi connectivity index (χ2v) is 10.9. The van der Waals surface area contributed by atoms with Gasteiger partial charge in [-0.3, -0.25) is 0 Å². The van der Waals surface area contributed by atoms with E-state index in [9.17, 15) is 20.1 Å². The molecule has 0 radical (unpaired) electrons. The molecule has 2 aromatic rings. The minimum Gasteiger partial charge on any atom is -0.493 e. The number of nitrogens with zero attached hydrogens (tertiary/aromatic N) is 4. The minimum absolute atomic E-state index is 0.00893. The van der Waals surface area contributed by atoms with Crippen molar-refractivity contribution in [1.82, 2.24) is 4.90 Å². The van der Waals surface area contributed by atoms with E-state index in [1.807, 2.05) is 61.5 Å². The fourth-order valence-electron chi connectivity index (χ4n) is 3.34. The molecular weight excluding hydrogens is 484 g/mol. The standard InChI is InChI=1S/C29H36N4O5/c1-28(2,3)37-26(34)33(27(35)38-29(4,5)6)12-9-13-36-25-17-22-16-24(32(7)8)11-10-21(22)15-23(25)14-20(18-30)19-31/h10-11,14-17H,9,12-13H2,1-8H3. The van der Waals surface area contributed by atoms with Crippen molar-refractivity contribution in [3.63, 3.8) is 0 Å². The number of anilines is 1. The Balaban J connectivity index is 2.29. The van der Waals surface area contributed by atoms with E-state index in [1.165, 1.54) is 6.08 Å². The molecule has 0 saturated heterocycles. The van der Waals surface area contributed by atoms with Gasteiger partial charge in [-0.2, -0.15) is 10.5 Å². The number of imide groups is 1. The molecule has 0 bridgehead atoms. The van der Waals surface area contributed by atoms with Crippen molar-refractivity contribution in [3.8, 4) is 17.9 Å². The lowest BCUT2D eigenvalue weighted by molar-refractivity contribution is 0.000795. The summed E-state index contributed by atoms with van der Waals surface area (Å²) in [6.07, 6.45) is 0.165. The molecule has 0 spiro atoms. The van der Waals surface area contributed by atoms with E-state index >= 15 is 0 Å². The van der Waals surface area contributed by atoms with E-state index in [0.717, 1.165) is 21.4 Å². The summed E-state index contributed by atoms with van der Waals surface area (Å²) in [6, 6.07) is 13.4. The van der Waals surface area contributed by atoms with Crippen LogP contribution in [-0.4, -0.2) is 55.5 Å². The molecule has 0 heterocycles. The van der Waals surface area contributed by atoms with Gasteiger partial charge >= 0.3 is 12.2 Å². The highest BCUT2D eigenvalue weighted by Gasteiger charge is 2.30. The van der Waals surface area contributed by atoms with Crippen LogP contribution in [0.2, 0.25) is 0 Å². The number of hydrogen-bond acceptors (Lipinski definition) is 8. The smallest absolute Gasteiger partial charge is 0.419 e. The second-order valence-electron chi connectivity index (χ2n) is 10.9. The summed E-state index contributed by atoms with van der Waals surface area (Å²) in [6.45, 7) is 10.5. The molecule has 0 aliphatic heterocycles. The molecule has 0 unspecified atom stereocenters. The Morgan fingerprint density at radius 1 is 0.895 bits per heavy atom. The maximum Gasteiger partial charge on any atom is 0.419 e. The molecular formula is C29H36N4O5. The summed E-state index contributed by atoms with van der Waals surface area (Å²) in [5.74, 6) is 0.470. The molecule has 0 aliphatic carbocycles. The third kappa shape index (κ3) is 9.01. The van der Waals surface area contributed by atoms with E-state index in [1.54, 1.807) is 41.5 Å². The van der Waals surface area contributed by atoms with Gasteiger partial charge in [0.1, 0.15) is 34.7 Å². The van der Waals surface area contributed by atoms with Crippen molar-refractivity contribution in [2.45, 2.75) is 59.2 Å². The molecule has 0 N–H and O–H groups in total. The number of benzene rings is 2. The van der Waals surface area contributed by atoms with Crippen LogP contribution in [0.25, 0.3) is 16.8 Å². The average molecular weight is 521 g/mol. The summed E-state index contributed by atoms with van der Waals surface area (Å²) < 4.78 is 16.8. The zero-order chi connectivity index (χ0) is 28.7. The molecule has 9 heteroatoms. The number of carbonyl (C=O) groups is 2. The van der Waals surface area contributed by atoms with Gasteiger partial charge in [0.15, 0.2) is 0 Å². The van der Waals surface area contributed by atoms with Crippen LogP contribution in [0.4, 0.5) is 15.3 Å². The third-order valence-corrected chi connectivity index (χ3v) is 5.02. The van der Waals surface area contributed by atoms with Crippen LogP contribution in [0, 0.1) is 22.7 Å². The van der Waals surface area contributed by atoms with E-state index < -0.39 is 23.4 Å². The summed E-state index contributed by atoms with van der Waals surface area (Å²) in [5, 5.41) is 20.3. The summed E-state index contributed by atoms with van der Waals surface area (Å²) in [4.78, 5) is 28.3. The summed E-state index contributed by atoms with van der Waals surface area (Å²) in [5.41, 5.74) is -0.0495. The Bertz CT molecular complexity index is 1240.